The Morgan fingerprint density at radius 1 is 1.24 bits per heavy atom. The fraction of sp³-hybridized carbons (Fsp3) is 0.533. The third-order valence-electron chi connectivity index (χ3n) is 3.82. The average Bonchev–Trinajstić information content (AvgIpc) is 2.91. The molecule has 3 N–H and O–H groups in total. The lowest BCUT2D eigenvalue weighted by atomic mass is 10.0. The summed E-state index contributed by atoms with van der Waals surface area (Å²) in [5.74, 6) is 0. The van der Waals surface area contributed by atoms with E-state index in [2.05, 4.69) is 10.6 Å². The number of hydrogen-bond acceptors (Lipinski definition) is 3. The lowest BCUT2D eigenvalue weighted by molar-refractivity contribution is 0.0501. The number of carbonyl (C=O) groups is 1. The Hall–Kier alpha value is -1.40. The Morgan fingerprint density at radius 3 is 2.43 bits per heavy atom. The van der Waals surface area contributed by atoms with Crippen LogP contribution in [-0.2, 0) is 17.3 Å². The summed E-state index contributed by atoms with van der Waals surface area (Å²) >= 11 is 0. The summed E-state index contributed by atoms with van der Waals surface area (Å²) in [6.45, 7) is 0.702. The van der Waals surface area contributed by atoms with Crippen molar-refractivity contribution in [3.05, 3.63) is 29.8 Å². The molecule has 2 amide bonds. The lowest BCUT2D eigenvalue weighted by Gasteiger charge is -2.22. The Kier molecular flexibility index (Phi) is 5.36. The third kappa shape index (κ3) is 4.82. The normalized spacial score (nSPS) is 18.2. The standard InChI is InChI=1S/C15H22N2O3S/c1-21(20)13-6-4-12(5-7-13)10-16-14(18)17-11-15(19)8-2-3-9-15/h4-7,19H,2-3,8-11H2,1H3,(H2,16,17,18). The van der Waals surface area contributed by atoms with E-state index in [-0.39, 0.29) is 6.03 Å². The van der Waals surface area contributed by atoms with Gasteiger partial charge in [0.15, 0.2) is 0 Å². The van der Waals surface area contributed by atoms with Crippen molar-refractivity contribution in [1.82, 2.24) is 10.6 Å². The Labute approximate surface area is 127 Å². The summed E-state index contributed by atoms with van der Waals surface area (Å²) in [5.41, 5.74) is 0.211. The third-order valence-corrected chi connectivity index (χ3v) is 4.76. The van der Waals surface area contributed by atoms with Gasteiger partial charge in [-0.05, 0) is 30.5 Å². The number of amides is 2. The van der Waals surface area contributed by atoms with E-state index in [9.17, 15) is 14.1 Å². The van der Waals surface area contributed by atoms with Gasteiger partial charge in [-0.2, -0.15) is 0 Å². The molecule has 0 bridgehead atoms. The molecule has 1 aromatic carbocycles. The maximum absolute atomic E-state index is 11.7. The predicted octanol–water partition coefficient (Wildman–Crippen LogP) is 1.53. The molecule has 0 saturated heterocycles. The van der Waals surface area contributed by atoms with E-state index in [1.54, 1.807) is 18.4 Å². The van der Waals surface area contributed by atoms with Crippen LogP contribution in [0.4, 0.5) is 4.79 Å². The Morgan fingerprint density at radius 2 is 1.86 bits per heavy atom. The number of urea groups is 1. The fourth-order valence-electron chi connectivity index (χ4n) is 2.50. The number of carbonyl (C=O) groups excluding carboxylic acids is 1. The molecule has 2 rings (SSSR count). The number of aliphatic hydroxyl groups is 1. The second kappa shape index (κ2) is 7.04. The molecule has 116 valence electrons. The van der Waals surface area contributed by atoms with E-state index >= 15 is 0 Å². The van der Waals surface area contributed by atoms with Gasteiger partial charge in [0.25, 0.3) is 0 Å². The molecule has 1 aliphatic carbocycles. The van der Waals surface area contributed by atoms with Crippen molar-refractivity contribution in [2.45, 2.75) is 42.7 Å². The Bertz CT molecular complexity index is 510. The summed E-state index contributed by atoms with van der Waals surface area (Å²) in [6, 6.07) is 7.01. The van der Waals surface area contributed by atoms with Crippen molar-refractivity contribution in [3.63, 3.8) is 0 Å². The monoisotopic (exact) mass is 310 g/mol. The molecule has 0 heterocycles. The minimum Gasteiger partial charge on any atom is -0.388 e. The maximum Gasteiger partial charge on any atom is 0.315 e. The molecule has 0 spiro atoms. The molecule has 5 nitrogen and oxygen atoms in total. The second-order valence-corrected chi connectivity index (χ2v) is 6.95. The first kappa shape index (κ1) is 16.0. The zero-order valence-corrected chi connectivity index (χ0v) is 13.0. The molecule has 0 aromatic heterocycles. The van der Waals surface area contributed by atoms with Crippen LogP contribution in [0.15, 0.2) is 29.2 Å². The van der Waals surface area contributed by atoms with Gasteiger partial charge in [-0.25, -0.2) is 4.79 Å². The van der Waals surface area contributed by atoms with Crippen LogP contribution in [-0.4, -0.2) is 33.7 Å². The summed E-state index contributed by atoms with van der Waals surface area (Å²) in [5, 5.41) is 15.6. The van der Waals surface area contributed by atoms with Crippen LogP contribution >= 0.6 is 0 Å². The summed E-state index contributed by atoms with van der Waals surface area (Å²) in [4.78, 5) is 12.5. The highest BCUT2D eigenvalue weighted by Crippen LogP contribution is 2.28. The van der Waals surface area contributed by atoms with Crippen molar-refractivity contribution in [2.24, 2.45) is 0 Å². The largest absolute Gasteiger partial charge is 0.388 e. The van der Waals surface area contributed by atoms with E-state index < -0.39 is 16.4 Å². The van der Waals surface area contributed by atoms with Crippen LogP contribution in [0.5, 0.6) is 0 Å². The van der Waals surface area contributed by atoms with Crippen molar-refractivity contribution >= 4 is 16.8 Å². The first-order chi connectivity index (χ1) is 9.98. The molecule has 1 saturated carbocycles. The first-order valence-corrected chi connectivity index (χ1v) is 8.71. The highest BCUT2D eigenvalue weighted by molar-refractivity contribution is 7.84. The van der Waals surface area contributed by atoms with Crippen LogP contribution in [0.3, 0.4) is 0 Å². The second-order valence-electron chi connectivity index (χ2n) is 5.57. The van der Waals surface area contributed by atoms with E-state index in [0.717, 1.165) is 36.1 Å². The van der Waals surface area contributed by atoms with E-state index in [0.29, 0.717) is 13.1 Å². The molecule has 21 heavy (non-hydrogen) atoms. The van der Waals surface area contributed by atoms with Gasteiger partial charge in [0, 0.05) is 35.0 Å². The maximum atomic E-state index is 11.7. The van der Waals surface area contributed by atoms with Crippen LogP contribution in [0, 0.1) is 0 Å². The lowest BCUT2D eigenvalue weighted by Crippen LogP contribution is -2.44. The topological polar surface area (TPSA) is 78.4 Å². The smallest absolute Gasteiger partial charge is 0.315 e. The van der Waals surface area contributed by atoms with Gasteiger partial charge >= 0.3 is 6.03 Å². The number of rotatable bonds is 5. The van der Waals surface area contributed by atoms with Crippen molar-refractivity contribution in [2.75, 3.05) is 12.8 Å². The molecule has 1 fully saturated rings. The number of benzene rings is 1. The van der Waals surface area contributed by atoms with E-state index in [4.69, 9.17) is 0 Å². The van der Waals surface area contributed by atoms with Crippen LogP contribution in [0.1, 0.15) is 31.2 Å². The molecule has 0 aliphatic heterocycles. The van der Waals surface area contributed by atoms with Crippen molar-refractivity contribution < 1.29 is 14.1 Å². The van der Waals surface area contributed by atoms with E-state index in [1.807, 2.05) is 12.1 Å². The first-order valence-electron chi connectivity index (χ1n) is 7.15. The van der Waals surface area contributed by atoms with Gasteiger partial charge in [0.05, 0.1) is 5.60 Å². The zero-order chi connectivity index (χ0) is 15.3. The molecule has 1 aromatic rings. The molecule has 1 atom stereocenters. The van der Waals surface area contributed by atoms with E-state index in [1.165, 1.54) is 0 Å². The summed E-state index contributed by atoms with van der Waals surface area (Å²) in [6.07, 6.45) is 5.18. The molecular weight excluding hydrogens is 288 g/mol. The zero-order valence-electron chi connectivity index (χ0n) is 12.2. The van der Waals surface area contributed by atoms with Gasteiger partial charge in [0.1, 0.15) is 0 Å². The minimum atomic E-state index is -0.987. The molecule has 0 radical (unpaired) electrons. The van der Waals surface area contributed by atoms with Crippen LogP contribution in [0.2, 0.25) is 0 Å². The molecule has 1 unspecified atom stereocenters. The van der Waals surface area contributed by atoms with Gasteiger partial charge < -0.3 is 15.7 Å². The minimum absolute atomic E-state index is 0.279. The van der Waals surface area contributed by atoms with Gasteiger partial charge in [-0.3, -0.25) is 4.21 Å². The molecule has 6 heteroatoms. The van der Waals surface area contributed by atoms with Gasteiger partial charge in [-0.1, -0.05) is 25.0 Å². The van der Waals surface area contributed by atoms with Gasteiger partial charge in [0.2, 0.25) is 0 Å². The van der Waals surface area contributed by atoms with Gasteiger partial charge in [-0.15, -0.1) is 0 Å². The molecular formula is C15H22N2O3S. The number of nitrogens with one attached hydrogen (secondary N) is 2. The quantitative estimate of drug-likeness (QED) is 0.772. The highest BCUT2D eigenvalue weighted by Gasteiger charge is 2.31. The highest BCUT2D eigenvalue weighted by atomic mass is 32.2. The fourth-order valence-corrected chi connectivity index (χ4v) is 3.02. The summed E-state index contributed by atoms with van der Waals surface area (Å²) < 4.78 is 11.3. The Balaban J connectivity index is 1.74. The van der Waals surface area contributed by atoms with Crippen LogP contribution in [0.25, 0.3) is 0 Å². The summed E-state index contributed by atoms with van der Waals surface area (Å²) in [7, 11) is -0.987. The average molecular weight is 310 g/mol. The van der Waals surface area contributed by atoms with Crippen LogP contribution < -0.4 is 10.6 Å². The number of hydrogen-bond donors (Lipinski definition) is 3. The van der Waals surface area contributed by atoms with Crippen molar-refractivity contribution in [1.29, 1.82) is 0 Å². The molecule has 1 aliphatic rings. The SMILES string of the molecule is CS(=O)c1ccc(CNC(=O)NCC2(O)CCCC2)cc1. The predicted molar refractivity (Wildman–Crippen MR) is 82.4 cm³/mol. The van der Waals surface area contributed by atoms with Crippen molar-refractivity contribution in [3.8, 4) is 0 Å².